The van der Waals surface area contributed by atoms with E-state index in [0.717, 1.165) is 17.1 Å². The van der Waals surface area contributed by atoms with Crippen molar-refractivity contribution in [3.63, 3.8) is 0 Å². The number of aromatic nitrogens is 1. The molecule has 7 aromatic carbocycles. The van der Waals surface area contributed by atoms with E-state index < -0.39 is 0 Å². The number of hydrogen-bond acceptors (Lipinski definition) is 1. The fraction of sp³-hybridized carbons (Fsp3) is 0.0769. The van der Waals surface area contributed by atoms with Crippen molar-refractivity contribution >= 4 is 44.4 Å². The number of rotatable bonds is 8. The Bertz CT molecular complexity index is 2730. The van der Waals surface area contributed by atoms with Gasteiger partial charge in [-0.25, -0.2) is 0 Å². The highest BCUT2D eigenvalue weighted by molar-refractivity contribution is 6.10. The molecular formula is C52H42N2. The lowest BCUT2D eigenvalue weighted by Gasteiger charge is -2.29. The van der Waals surface area contributed by atoms with Crippen LogP contribution >= 0.6 is 0 Å². The molecule has 1 heterocycles. The van der Waals surface area contributed by atoms with Crippen molar-refractivity contribution in [1.82, 2.24) is 4.57 Å². The fourth-order valence-corrected chi connectivity index (χ4v) is 8.23. The number of benzene rings is 7. The van der Waals surface area contributed by atoms with Crippen LogP contribution in [0.2, 0.25) is 0 Å². The molecule has 1 aliphatic rings. The van der Waals surface area contributed by atoms with Crippen LogP contribution in [0.1, 0.15) is 31.9 Å². The predicted octanol–water partition coefficient (Wildman–Crippen LogP) is 14.4. The molecule has 260 valence electrons. The largest absolute Gasteiger partial charge is 0.310 e. The number of allylic oxidation sites excluding steroid dienone is 5. The molecule has 0 spiro atoms. The van der Waals surface area contributed by atoms with E-state index >= 15 is 0 Å². The predicted molar refractivity (Wildman–Crippen MR) is 231 cm³/mol. The molecule has 0 amide bonds. The van der Waals surface area contributed by atoms with E-state index in [9.17, 15) is 0 Å². The van der Waals surface area contributed by atoms with Crippen molar-refractivity contribution in [2.45, 2.75) is 26.2 Å². The maximum atomic E-state index is 3.91. The van der Waals surface area contributed by atoms with Crippen LogP contribution in [0.3, 0.4) is 0 Å². The van der Waals surface area contributed by atoms with Crippen molar-refractivity contribution in [3.8, 4) is 27.9 Å². The highest BCUT2D eigenvalue weighted by Gasteiger charge is 2.35. The maximum Gasteiger partial charge on any atom is 0.0541 e. The zero-order valence-corrected chi connectivity index (χ0v) is 31.0. The Morgan fingerprint density at radius 3 is 1.78 bits per heavy atom. The van der Waals surface area contributed by atoms with Gasteiger partial charge in [-0.3, -0.25) is 0 Å². The summed E-state index contributed by atoms with van der Waals surface area (Å²) in [7, 11) is 0. The van der Waals surface area contributed by atoms with Crippen LogP contribution in [0.15, 0.2) is 200 Å². The summed E-state index contributed by atoms with van der Waals surface area (Å²) in [5.41, 5.74) is 16.9. The normalized spacial score (nSPS) is 13.5. The van der Waals surface area contributed by atoms with E-state index in [4.69, 9.17) is 0 Å². The van der Waals surface area contributed by atoms with Gasteiger partial charge in [0.2, 0.25) is 0 Å². The van der Waals surface area contributed by atoms with Crippen molar-refractivity contribution in [3.05, 3.63) is 211 Å². The third kappa shape index (κ3) is 5.59. The van der Waals surface area contributed by atoms with Crippen LogP contribution in [-0.2, 0) is 5.41 Å². The summed E-state index contributed by atoms with van der Waals surface area (Å²) < 4.78 is 2.37. The lowest BCUT2D eigenvalue weighted by atomic mass is 9.82. The van der Waals surface area contributed by atoms with Gasteiger partial charge in [0.05, 0.1) is 11.0 Å². The molecule has 0 fully saturated rings. The first kappa shape index (κ1) is 33.2. The summed E-state index contributed by atoms with van der Waals surface area (Å²) in [4.78, 5) is 2.39. The molecule has 0 radical (unpaired) electrons. The van der Waals surface area contributed by atoms with Crippen LogP contribution in [0.4, 0.5) is 17.1 Å². The van der Waals surface area contributed by atoms with Gasteiger partial charge in [0, 0.05) is 38.9 Å². The Morgan fingerprint density at radius 2 is 1.09 bits per heavy atom. The smallest absolute Gasteiger partial charge is 0.0541 e. The van der Waals surface area contributed by atoms with Gasteiger partial charge in [0.25, 0.3) is 0 Å². The fourth-order valence-electron chi connectivity index (χ4n) is 8.23. The number of anilines is 3. The zero-order chi connectivity index (χ0) is 36.8. The number of hydrogen-bond donors (Lipinski definition) is 0. The van der Waals surface area contributed by atoms with E-state index in [-0.39, 0.29) is 5.41 Å². The average molecular weight is 695 g/mol. The molecule has 0 saturated heterocycles. The average Bonchev–Trinajstić information content (AvgIpc) is 3.65. The highest BCUT2D eigenvalue weighted by Crippen LogP contribution is 2.49. The molecule has 0 aliphatic heterocycles. The van der Waals surface area contributed by atoms with E-state index in [1.807, 2.05) is 12.2 Å². The van der Waals surface area contributed by atoms with Gasteiger partial charge >= 0.3 is 0 Å². The van der Waals surface area contributed by atoms with Gasteiger partial charge in [0.1, 0.15) is 0 Å². The van der Waals surface area contributed by atoms with Crippen molar-refractivity contribution < 1.29 is 0 Å². The first-order valence-electron chi connectivity index (χ1n) is 18.7. The van der Waals surface area contributed by atoms with Gasteiger partial charge < -0.3 is 9.47 Å². The Labute approximate surface area is 318 Å². The van der Waals surface area contributed by atoms with Gasteiger partial charge in [-0.1, -0.05) is 147 Å². The van der Waals surface area contributed by atoms with Gasteiger partial charge in [-0.05, 0) is 113 Å². The van der Waals surface area contributed by atoms with Crippen molar-refractivity contribution in [2.24, 2.45) is 0 Å². The molecule has 0 atom stereocenters. The quantitative estimate of drug-likeness (QED) is 0.144. The van der Waals surface area contributed by atoms with Crippen LogP contribution < -0.4 is 4.90 Å². The van der Waals surface area contributed by atoms with E-state index in [1.165, 1.54) is 72.0 Å². The maximum absolute atomic E-state index is 3.91. The molecule has 2 heteroatoms. The van der Waals surface area contributed by atoms with Crippen molar-refractivity contribution in [2.75, 3.05) is 4.90 Å². The first-order valence-corrected chi connectivity index (χ1v) is 18.7. The van der Waals surface area contributed by atoms with Crippen LogP contribution in [0.25, 0.3) is 55.3 Å². The summed E-state index contributed by atoms with van der Waals surface area (Å²) >= 11 is 0. The molecule has 0 unspecified atom stereocenters. The number of para-hydroxylation sites is 2. The summed E-state index contributed by atoms with van der Waals surface area (Å²) in [5, 5.41) is 2.51. The zero-order valence-electron chi connectivity index (χ0n) is 31.0. The molecule has 1 aliphatic carbocycles. The molecule has 8 aromatic rings. The Hall–Kier alpha value is -6.64. The Balaban J connectivity index is 1.13. The lowest BCUT2D eigenvalue weighted by Crippen LogP contribution is -2.17. The lowest BCUT2D eigenvalue weighted by molar-refractivity contribution is 0.639. The van der Waals surface area contributed by atoms with E-state index in [1.54, 1.807) is 0 Å². The molecule has 1 aromatic heterocycles. The van der Waals surface area contributed by atoms with Gasteiger partial charge in [0.15, 0.2) is 0 Å². The minimum Gasteiger partial charge on any atom is -0.310 e. The second-order valence-electron chi connectivity index (χ2n) is 14.7. The second-order valence-corrected chi connectivity index (χ2v) is 14.7. The minimum absolute atomic E-state index is 0.0961. The third-order valence-electron chi connectivity index (χ3n) is 11.3. The van der Waals surface area contributed by atoms with Crippen LogP contribution in [-0.4, -0.2) is 4.57 Å². The van der Waals surface area contributed by atoms with Crippen molar-refractivity contribution in [1.29, 1.82) is 0 Å². The molecule has 9 rings (SSSR count). The molecule has 0 bridgehead atoms. The molecule has 2 nitrogen and oxygen atoms in total. The van der Waals surface area contributed by atoms with Crippen LogP contribution in [0, 0.1) is 0 Å². The van der Waals surface area contributed by atoms with Gasteiger partial charge in [-0.15, -0.1) is 0 Å². The third-order valence-corrected chi connectivity index (χ3v) is 11.3. The Morgan fingerprint density at radius 1 is 0.537 bits per heavy atom. The standard InChI is InChI=1S/C52H42N2/c1-5-6-19-45-36(2)52(3,4)49-35-44(31-32-46(45)49)53(42-27-22-38(23-28-42)37-15-9-7-10-16-37)43-29-24-39(25-30-43)40-26-33-51-48(34-40)47-20-13-14-21-50(47)54(51)41-17-11-8-12-18-41/h5-35H,1H2,2-4H3/b19-6-. The number of fused-ring (bicyclic) bond motifs is 4. The number of nitrogens with zero attached hydrogens (tertiary/aromatic N) is 2. The first-order chi connectivity index (χ1) is 26.4. The minimum atomic E-state index is -0.0961. The second kappa shape index (κ2) is 13.4. The Kier molecular flexibility index (Phi) is 8.24. The van der Waals surface area contributed by atoms with E-state index in [2.05, 4.69) is 213 Å². The monoisotopic (exact) mass is 694 g/mol. The molecule has 0 saturated carbocycles. The molecular weight excluding hydrogens is 653 g/mol. The summed E-state index contributed by atoms with van der Waals surface area (Å²) in [6, 6.07) is 61.8. The van der Waals surface area contributed by atoms with Gasteiger partial charge in [-0.2, -0.15) is 0 Å². The summed E-state index contributed by atoms with van der Waals surface area (Å²) in [6.07, 6.45) is 6.09. The molecule has 0 N–H and O–H groups in total. The highest BCUT2D eigenvalue weighted by atomic mass is 15.1. The molecule has 54 heavy (non-hydrogen) atoms. The summed E-state index contributed by atoms with van der Waals surface area (Å²) in [6.45, 7) is 10.8. The van der Waals surface area contributed by atoms with Crippen LogP contribution in [0.5, 0.6) is 0 Å². The topological polar surface area (TPSA) is 8.17 Å². The summed E-state index contributed by atoms with van der Waals surface area (Å²) in [5.74, 6) is 0. The van der Waals surface area contributed by atoms with E-state index in [0.29, 0.717) is 0 Å². The SMILES string of the molecule is C=C/C=C\C1=C(C)C(C)(C)c2cc(N(c3ccc(-c4ccccc4)cc3)c3ccc(-c4ccc5c(c4)c4ccccc4n5-c4ccccc4)cc3)ccc21.